The Kier molecular flexibility index (Phi) is 5.64. The van der Waals surface area contributed by atoms with E-state index in [9.17, 15) is 35.2 Å². The van der Waals surface area contributed by atoms with E-state index in [4.69, 9.17) is 5.11 Å². The zero-order valence-corrected chi connectivity index (χ0v) is 13.6. The first-order valence-electron chi connectivity index (χ1n) is 6.88. The lowest BCUT2D eigenvalue weighted by atomic mass is 9.98. The Bertz CT molecular complexity index is 738. The minimum atomic E-state index is -6.01. The summed E-state index contributed by atoms with van der Waals surface area (Å²) in [7, 11) is -4.53. The van der Waals surface area contributed by atoms with Gasteiger partial charge in [-0.15, -0.1) is 0 Å². The van der Waals surface area contributed by atoms with E-state index in [1.165, 1.54) is 13.8 Å². The van der Waals surface area contributed by atoms with Crippen LogP contribution >= 0.6 is 0 Å². The first-order chi connectivity index (χ1) is 10.8. The SMILES string of the molecule is CCCS(=O)(=O)c1c(C(F)(F)C(F)(F)F)ccc(C(=O)O)c1CC. The summed E-state index contributed by atoms with van der Waals surface area (Å²) in [6.07, 6.45) is -6.37. The molecule has 0 saturated carbocycles. The van der Waals surface area contributed by atoms with E-state index in [1.54, 1.807) is 0 Å². The Balaban J connectivity index is 3.97. The third-order valence-electron chi connectivity index (χ3n) is 3.32. The highest BCUT2D eigenvalue weighted by atomic mass is 32.2. The number of alkyl halides is 5. The van der Waals surface area contributed by atoms with E-state index in [1.807, 2.05) is 0 Å². The second-order valence-electron chi connectivity index (χ2n) is 5.02. The number of aromatic carboxylic acids is 1. The largest absolute Gasteiger partial charge is 0.478 e. The number of sulfone groups is 1. The van der Waals surface area contributed by atoms with Gasteiger partial charge in [-0.3, -0.25) is 0 Å². The summed E-state index contributed by atoms with van der Waals surface area (Å²) < 4.78 is 90.3. The van der Waals surface area contributed by atoms with Gasteiger partial charge in [0.15, 0.2) is 9.84 Å². The summed E-state index contributed by atoms with van der Waals surface area (Å²) in [5.41, 5.74) is -2.92. The molecule has 0 spiro atoms. The number of benzene rings is 1. The Labute approximate surface area is 135 Å². The van der Waals surface area contributed by atoms with E-state index >= 15 is 0 Å². The average Bonchev–Trinajstić information content (AvgIpc) is 2.44. The van der Waals surface area contributed by atoms with Gasteiger partial charge in [0, 0.05) is 5.56 Å². The van der Waals surface area contributed by atoms with Crippen molar-refractivity contribution in [2.75, 3.05) is 5.75 Å². The van der Waals surface area contributed by atoms with Gasteiger partial charge in [-0.2, -0.15) is 22.0 Å². The molecule has 0 atom stereocenters. The fourth-order valence-corrected chi connectivity index (χ4v) is 4.21. The molecule has 0 aromatic heterocycles. The highest BCUT2D eigenvalue weighted by molar-refractivity contribution is 7.91. The molecule has 0 aliphatic heterocycles. The molecule has 0 aliphatic carbocycles. The number of carboxylic acids is 1. The Morgan fingerprint density at radius 2 is 1.67 bits per heavy atom. The zero-order valence-electron chi connectivity index (χ0n) is 12.7. The van der Waals surface area contributed by atoms with Crippen LogP contribution in [0.15, 0.2) is 17.0 Å². The second-order valence-corrected chi connectivity index (χ2v) is 7.06. The van der Waals surface area contributed by atoms with Crippen LogP contribution in [0, 0.1) is 0 Å². The Morgan fingerprint density at radius 1 is 1.12 bits per heavy atom. The monoisotopic (exact) mass is 374 g/mol. The third kappa shape index (κ3) is 3.52. The predicted octanol–water partition coefficient (Wildman–Crippen LogP) is 3.79. The molecular weight excluding hydrogens is 359 g/mol. The molecule has 1 N–H and O–H groups in total. The van der Waals surface area contributed by atoms with Crippen LogP contribution in [0.4, 0.5) is 22.0 Å². The van der Waals surface area contributed by atoms with Crippen molar-refractivity contribution in [2.45, 2.75) is 43.7 Å². The molecule has 0 heterocycles. The van der Waals surface area contributed by atoms with Crippen LogP contribution in [0.2, 0.25) is 0 Å². The Hall–Kier alpha value is -1.71. The fourth-order valence-electron chi connectivity index (χ4n) is 2.31. The molecule has 4 nitrogen and oxygen atoms in total. The van der Waals surface area contributed by atoms with Crippen LogP contribution in [-0.4, -0.2) is 31.4 Å². The van der Waals surface area contributed by atoms with Crippen LogP contribution < -0.4 is 0 Å². The van der Waals surface area contributed by atoms with Gasteiger partial charge < -0.3 is 5.11 Å². The lowest BCUT2D eigenvalue weighted by Crippen LogP contribution is -2.36. The van der Waals surface area contributed by atoms with Crippen molar-refractivity contribution in [1.82, 2.24) is 0 Å². The standard InChI is InChI=1S/C14H15F5O4S/c1-3-7-24(22,23)11-8(4-2)9(12(20)21)5-6-10(11)13(15,16)14(17,18)19/h5-6H,3-4,7H2,1-2H3,(H,20,21). The summed E-state index contributed by atoms with van der Waals surface area (Å²) in [5, 5.41) is 9.07. The van der Waals surface area contributed by atoms with Crippen LogP contribution in [0.5, 0.6) is 0 Å². The van der Waals surface area contributed by atoms with E-state index in [0.717, 1.165) is 0 Å². The molecule has 10 heteroatoms. The van der Waals surface area contributed by atoms with Gasteiger partial charge in [-0.1, -0.05) is 19.9 Å². The van der Waals surface area contributed by atoms with Gasteiger partial charge in [0.1, 0.15) is 0 Å². The van der Waals surface area contributed by atoms with Crippen LogP contribution in [0.3, 0.4) is 0 Å². The van der Waals surface area contributed by atoms with E-state index in [-0.39, 0.29) is 18.9 Å². The van der Waals surface area contributed by atoms with Crippen molar-refractivity contribution in [2.24, 2.45) is 0 Å². The van der Waals surface area contributed by atoms with Crippen molar-refractivity contribution in [3.63, 3.8) is 0 Å². The minimum Gasteiger partial charge on any atom is -0.478 e. The number of hydrogen-bond donors (Lipinski definition) is 1. The van der Waals surface area contributed by atoms with E-state index in [0.29, 0.717) is 6.07 Å². The van der Waals surface area contributed by atoms with Gasteiger partial charge in [0.2, 0.25) is 0 Å². The molecule has 24 heavy (non-hydrogen) atoms. The summed E-state index contributed by atoms with van der Waals surface area (Å²) in [6.45, 7) is 2.69. The molecule has 0 radical (unpaired) electrons. The topological polar surface area (TPSA) is 71.4 Å². The molecule has 0 amide bonds. The van der Waals surface area contributed by atoms with Crippen molar-refractivity contribution >= 4 is 15.8 Å². The molecule has 0 unspecified atom stereocenters. The molecule has 1 aromatic rings. The van der Waals surface area contributed by atoms with E-state index < -0.39 is 55.2 Å². The first-order valence-corrected chi connectivity index (χ1v) is 8.53. The van der Waals surface area contributed by atoms with Gasteiger partial charge in [-0.25, -0.2) is 13.2 Å². The predicted molar refractivity (Wildman–Crippen MR) is 75.1 cm³/mol. The number of carboxylic acid groups (broad SMARTS) is 1. The van der Waals surface area contributed by atoms with Crippen LogP contribution in [0.25, 0.3) is 0 Å². The Morgan fingerprint density at radius 3 is 2.04 bits per heavy atom. The van der Waals surface area contributed by atoms with Gasteiger partial charge in [0.25, 0.3) is 0 Å². The normalized spacial score (nSPS) is 13.1. The molecule has 1 aromatic carbocycles. The molecule has 0 aliphatic rings. The molecular formula is C14H15F5O4S. The number of hydrogen-bond acceptors (Lipinski definition) is 3. The third-order valence-corrected chi connectivity index (χ3v) is 5.36. The summed E-state index contributed by atoms with van der Waals surface area (Å²) in [4.78, 5) is 9.93. The van der Waals surface area contributed by atoms with Crippen LogP contribution in [0.1, 0.15) is 41.8 Å². The molecule has 0 fully saturated rings. The van der Waals surface area contributed by atoms with Gasteiger partial charge in [0.05, 0.1) is 16.2 Å². The van der Waals surface area contributed by atoms with Crippen molar-refractivity contribution < 1.29 is 40.3 Å². The summed E-state index contributed by atoms with van der Waals surface area (Å²) >= 11 is 0. The fraction of sp³-hybridized carbons (Fsp3) is 0.500. The molecule has 0 saturated heterocycles. The minimum absolute atomic E-state index is 0.0280. The van der Waals surface area contributed by atoms with Gasteiger partial charge >= 0.3 is 18.1 Å². The maximum absolute atomic E-state index is 13.8. The number of halogens is 5. The van der Waals surface area contributed by atoms with Crippen molar-refractivity contribution in [1.29, 1.82) is 0 Å². The zero-order chi connectivity index (χ0) is 18.9. The highest BCUT2D eigenvalue weighted by Crippen LogP contribution is 2.47. The maximum atomic E-state index is 13.8. The second kappa shape index (κ2) is 6.66. The molecule has 0 bridgehead atoms. The maximum Gasteiger partial charge on any atom is 0.458 e. The van der Waals surface area contributed by atoms with Crippen LogP contribution in [-0.2, 0) is 22.2 Å². The lowest BCUT2D eigenvalue weighted by Gasteiger charge is -2.24. The van der Waals surface area contributed by atoms with Gasteiger partial charge in [-0.05, 0) is 24.5 Å². The molecule has 136 valence electrons. The smallest absolute Gasteiger partial charge is 0.458 e. The number of rotatable bonds is 6. The quantitative estimate of drug-likeness (QED) is 0.769. The molecule has 1 rings (SSSR count). The lowest BCUT2D eigenvalue weighted by molar-refractivity contribution is -0.290. The highest BCUT2D eigenvalue weighted by Gasteiger charge is 2.60. The van der Waals surface area contributed by atoms with E-state index in [2.05, 4.69) is 0 Å². The first kappa shape index (κ1) is 20.3. The van der Waals surface area contributed by atoms with Crippen molar-refractivity contribution in [3.05, 3.63) is 28.8 Å². The summed E-state index contributed by atoms with van der Waals surface area (Å²) in [5.74, 6) is -7.71. The summed E-state index contributed by atoms with van der Waals surface area (Å²) in [6, 6.07) is 0.791. The number of carbonyl (C=O) groups is 1. The average molecular weight is 374 g/mol. The van der Waals surface area contributed by atoms with Crippen molar-refractivity contribution in [3.8, 4) is 0 Å².